The minimum absolute atomic E-state index is 0.0336. The van der Waals surface area contributed by atoms with E-state index in [-0.39, 0.29) is 17.8 Å². The van der Waals surface area contributed by atoms with Crippen molar-refractivity contribution in [1.29, 1.82) is 5.26 Å². The van der Waals surface area contributed by atoms with E-state index in [1.54, 1.807) is 12.1 Å². The molecule has 0 radical (unpaired) electrons. The predicted molar refractivity (Wildman–Crippen MR) is 55.1 cm³/mol. The molecule has 0 saturated carbocycles. The molecule has 1 aromatic rings. The number of nitro benzene ring substituents is 1. The van der Waals surface area contributed by atoms with Gasteiger partial charge in [-0.2, -0.15) is 5.26 Å². The largest absolute Gasteiger partial charge is 0.374 e. The molecule has 0 saturated heterocycles. The van der Waals surface area contributed by atoms with Crippen LogP contribution in [0.5, 0.6) is 0 Å². The second-order valence-electron chi connectivity index (χ2n) is 2.66. The second kappa shape index (κ2) is 4.64. The Labute approximate surface area is 86.5 Å². The molecular weight excluding hydrogens is 194 g/mol. The zero-order valence-corrected chi connectivity index (χ0v) is 7.73. The third kappa shape index (κ3) is 2.45. The molecule has 5 heteroatoms. The number of hydrogen-bond acceptors (Lipinski definition) is 4. The Morgan fingerprint density at radius 3 is 2.87 bits per heavy atom. The summed E-state index contributed by atoms with van der Waals surface area (Å²) in [6.07, 6.45) is 5.03. The van der Waals surface area contributed by atoms with Gasteiger partial charge >= 0.3 is 0 Å². The van der Waals surface area contributed by atoms with Gasteiger partial charge in [0.1, 0.15) is 11.6 Å². The molecule has 0 aliphatic carbocycles. The second-order valence-corrected chi connectivity index (χ2v) is 2.66. The first-order chi connectivity index (χ1) is 7.19. The maximum absolute atomic E-state index is 10.6. The van der Waals surface area contributed by atoms with E-state index in [0.29, 0.717) is 5.69 Å². The average Bonchev–Trinajstić information content (AvgIpc) is 2.25. The standard InChI is InChI=1S/C10H7N3O2/c1-2-5-12-9-4-3-8(7-11)10(6-9)13(14)15/h1,3-4,6,12H,5H2. The van der Waals surface area contributed by atoms with Crippen molar-refractivity contribution in [3.63, 3.8) is 0 Å². The van der Waals surface area contributed by atoms with E-state index in [2.05, 4.69) is 11.2 Å². The summed E-state index contributed by atoms with van der Waals surface area (Å²) in [7, 11) is 0. The Bertz CT molecular complexity index is 469. The number of hydrogen-bond donors (Lipinski definition) is 1. The Kier molecular flexibility index (Phi) is 3.26. The maximum Gasteiger partial charge on any atom is 0.289 e. The molecule has 5 nitrogen and oxygen atoms in total. The number of terminal acetylenes is 1. The van der Waals surface area contributed by atoms with E-state index in [0.717, 1.165) is 0 Å². The lowest BCUT2D eigenvalue weighted by molar-refractivity contribution is -0.385. The Morgan fingerprint density at radius 2 is 2.33 bits per heavy atom. The Morgan fingerprint density at radius 1 is 1.60 bits per heavy atom. The highest BCUT2D eigenvalue weighted by Crippen LogP contribution is 2.22. The summed E-state index contributed by atoms with van der Waals surface area (Å²) in [5.41, 5.74) is 0.337. The summed E-state index contributed by atoms with van der Waals surface area (Å²) in [6, 6.07) is 6.00. The van der Waals surface area contributed by atoms with Gasteiger partial charge in [-0.05, 0) is 12.1 Å². The van der Waals surface area contributed by atoms with Crippen LogP contribution in [0.3, 0.4) is 0 Å². The summed E-state index contributed by atoms with van der Waals surface area (Å²) < 4.78 is 0. The normalized spacial score (nSPS) is 8.67. The van der Waals surface area contributed by atoms with Crippen LogP contribution in [0, 0.1) is 33.8 Å². The van der Waals surface area contributed by atoms with E-state index in [1.165, 1.54) is 12.1 Å². The molecule has 0 aliphatic rings. The van der Waals surface area contributed by atoms with Crippen molar-refractivity contribution in [3.05, 3.63) is 33.9 Å². The van der Waals surface area contributed by atoms with Crippen molar-refractivity contribution in [2.45, 2.75) is 0 Å². The molecule has 0 spiro atoms. The number of nitro groups is 1. The zero-order chi connectivity index (χ0) is 11.3. The van der Waals surface area contributed by atoms with Crippen molar-refractivity contribution in [2.75, 3.05) is 11.9 Å². The van der Waals surface area contributed by atoms with Crippen molar-refractivity contribution in [2.24, 2.45) is 0 Å². The minimum Gasteiger partial charge on any atom is -0.374 e. The van der Waals surface area contributed by atoms with Gasteiger partial charge < -0.3 is 5.32 Å². The van der Waals surface area contributed by atoms with Crippen molar-refractivity contribution in [3.8, 4) is 18.4 Å². The molecule has 0 atom stereocenters. The van der Waals surface area contributed by atoms with E-state index in [9.17, 15) is 10.1 Å². The zero-order valence-electron chi connectivity index (χ0n) is 7.73. The molecule has 0 aliphatic heterocycles. The maximum atomic E-state index is 10.6. The summed E-state index contributed by atoms with van der Waals surface area (Å²) >= 11 is 0. The number of nitrogens with one attached hydrogen (secondary N) is 1. The average molecular weight is 201 g/mol. The molecule has 0 heterocycles. The van der Waals surface area contributed by atoms with Crippen LogP contribution in [0.25, 0.3) is 0 Å². The van der Waals surface area contributed by atoms with Gasteiger partial charge in [-0.25, -0.2) is 0 Å². The highest BCUT2D eigenvalue weighted by atomic mass is 16.6. The van der Waals surface area contributed by atoms with Crippen LogP contribution in [0.15, 0.2) is 18.2 Å². The minimum atomic E-state index is -0.598. The van der Waals surface area contributed by atoms with E-state index in [1.807, 2.05) is 0 Å². The van der Waals surface area contributed by atoms with Gasteiger partial charge in [0, 0.05) is 11.8 Å². The lowest BCUT2D eigenvalue weighted by Crippen LogP contribution is -2.00. The van der Waals surface area contributed by atoms with Crippen molar-refractivity contribution < 1.29 is 4.92 Å². The Balaban J connectivity index is 3.07. The van der Waals surface area contributed by atoms with Gasteiger partial charge in [0.25, 0.3) is 5.69 Å². The van der Waals surface area contributed by atoms with Gasteiger partial charge in [-0.1, -0.05) is 5.92 Å². The SMILES string of the molecule is C#CCNc1ccc(C#N)c([N+](=O)[O-])c1. The molecule has 0 aromatic heterocycles. The van der Waals surface area contributed by atoms with Gasteiger partial charge in [0.2, 0.25) is 0 Å². The van der Waals surface area contributed by atoms with Crippen LogP contribution in [0.1, 0.15) is 5.56 Å². The van der Waals surface area contributed by atoms with Gasteiger partial charge in [0.15, 0.2) is 0 Å². The van der Waals surface area contributed by atoms with Crippen LogP contribution < -0.4 is 5.32 Å². The molecule has 15 heavy (non-hydrogen) atoms. The number of nitriles is 1. The molecule has 0 fully saturated rings. The molecule has 1 N–H and O–H groups in total. The number of benzene rings is 1. The molecule has 1 rings (SSSR count). The fourth-order valence-corrected chi connectivity index (χ4v) is 1.04. The van der Waals surface area contributed by atoms with Crippen LogP contribution >= 0.6 is 0 Å². The van der Waals surface area contributed by atoms with Gasteiger partial charge in [-0.3, -0.25) is 10.1 Å². The highest BCUT2D eigenvalue weighted by Gasteiger charge is 2.13. The third-order valence-corrected chi connectivity index (χ3v) is 1.71. The fraction of sp³-hybridized carbons (Fsp3) is 0.100. The fourth-order valence-electron chi connectivity index (χ4n) is 1.04. The van der Waals surface area contributed by atoms with E-state index in [4.69, 9.17) is 11.7 Å². The topological polar surface area (TPSA) is 79.0 Å². The molecule has 0 unspecified atom stereocenters. The van der Waals surface area contributed by atoms with E-state index >= 15 is 0 Å². The van der Waals surface area contributed by atoms with Crippen LogP contribution in [0.2, 0.25) is 0 Å². The van der Waals surface area contributed by atoms with Crippen LogP contribution in [-0.2, 0) is 0 Å². The number of rotatable bonds is 3. The molecule has 1 aromatic carbocycles. The number of anilines is 1. The number of nitrogens with zero attached hydrogens (tertiary/aromatic N) is 2. The first kappa shape index (κ1) is 10.6. The monoisotopic (exact) mass is 201 g/mol. The smallest absolute Gasteiger partial charge is 0.289 e. The van der Waals surface area contributed by atoms with Gasteiger partial charge in [-0.15, -0.1) is 6.42 Å². The lowest BCUT2D eigenvalue weighted by Gasteiger charge is -2.02. The summed E-state index contributed by atoms with van der Waals surface area (Å²) in [5, 5.41) is 22.0. The van der Waals surface area contributed by atoms with Crippen molar-refractivity contribution >= 4 is 11.4 Å². The Hall–Kier alpha value is -2.53. The van der Waals surface area contributed by atoms with Crippen molar-refractivity contribution in [1.82, 2.24) is 0 Å². The predicted octanol–water partition coefficient (Wildman–Crippen LogP) is 1.51. The van der Waals surface area contributed by atoms with Crippen LogP contribution in [-0.4, -0.2) is 11.5 Å². The summed E-state index contributed by atoms with van der Waals surface area (Å²) in [4.78, 5) is 10.00. The van der Waals surface area contributed by atoms with Crippen LogP contribution in [0.4, 0.5) is 11.4 Å². The quantitative estimate of drug-likeness (QED) is 0.456. The first-order valence-electron chi connectivity index (χ1n) is 4.05. The molecule has 74 valence electrons. The highest BCUT2D eigenvalue weighted by molar-refractivity contribution is 5.59. The summed E-state index contributed by atoms with van der Waals surface area (Å²) in [6.45, 7) is 0.281. The molecule has 0 amide bonds. The molecule has 0 bridgehead atoms. The first-order valence-corrected chi connectivity index (χ1v) is 4.05. The van der Waals surface area contributed by atoms with E-state index < -0.39 is 4.92 Å². The third-order valence-electron chi connectivity index (χ3n) is 1.71. The summed E-state index contributed by atoms with van der Waals surface area (Å²) in [5.74, 6) is 2.35. The lowest BCUT2D eigenvalue weighted by atomic mass is 10.2. The molecular formula is C10H7N3O2. The van der Waals surface area contributed by atoms with Gasteiger partial charge in [0.05, 0.1) is 11.5 Å².